The van der Waals surface area contributed by atoms with Gasteiger partial charge in [-0.3, -0.25) is 14.6 Å². The van der Waals surface area contributed by atoms with E-state index >= 15 is 0 Å². The molecule has 7 heteroatoms. The lowest BCUT2D eigenvalue weighted by Crippen LogP contribution is -2.33. The van der Waals surface area contributed by atoms with Gasteiger partial charge in [0.05, 0.1) is 16.9 Å². The molecule has 3 aromatic rings. The highest BCUT2D eigenvalue weighted by Gasteiger charge is 2.59. The molecular weight excluding hydrogens is 369 g/mol. The molecule has 0 N–H and O–H groups in total. The molecule has 2 unspecified atom stereocenters. The molecule has 0 radical (unpaired) electrons. The zero-order chi connectivity index (χ0) is 18.9. The van der Waals surface area contributed by atoms with E-state index in [1.54, 1.807) is 30.6 Å². The molecule has 5 nitrogen and oxygen atoms in total. The van der Waals surface area contributed by atoms with E-state index in [1.165, 1.54) is 6.20 Å². The molecule has 1 saturated carbocycles. The number of benzene rings is 1. The number of anilines is 1. The van der Waals surface area contributed by atoms with Crippen molar-refractivity contribution in [3.63, 3.8) is 0 Å². The molecule has 27 heavy (non-hydrogen) atoms. The van der Waals surface area contributed by atoms with Crippen molar-refractivity contribution in [2.24, 2.45) is 11.8 Å². The summed E-state index contributed by atoms with van der Waals surface area (Å²) in [4.78, 5) is 34.0. The number of nitrogens with zero attached hydrogens (tertiary/aromatic N) is 3. The summed E-state index contributed by atoms with van der Waals surface area (Å²) in [5.74, 6) is -1.15. The topological polar surface area (TPSA) is 63.2 Å². The predicted molar refractivity (Wildman–Crippen MR) is 98.8 cm³/mol. The van der Waals surface area contributed by atoms with Crippen molar-refractivity contribution >= 4 is 40.0 Å². The van der Waals surface area contributed by atoms with E-state index in [1.807, 2.05) is 6.92 Å². The van der Waals surface area contributed by atoms with Crippen LogP contribution in [0.2, 0.25) is 5.02 Å². The van der Waals surface area contributed by atoms with Gasteiger partial charge in [-0.1, -0.05) is 11.6 Å². The normalized spacial score (nSPS) is 21.1. The maximum absolute atomic E-state index is 14.9. The Bertz CT molecular complexity index is 1140. The summed E-state index contributed by atoms with van der Waals surface area (Å²) >= 11 is 6.25. The quantitative estimate of drug-likeness (QED) is 0.631. The minimum Gasteiger partial charge on any atom is -0.274 e. The van der Waals surface area contributed by atoms with Gasteiger partial charge in [-0.15, -0.1) is 0 Å². The van der Waals surface area contributed by atoms with Crippen LogP contribution in [-0.4, -0.2) is 21.8 Å². The SMILES string of the molecule is Cc1ccncc1-c1cc2cc(N3C(=O)C4CC4C3=O)ncc2c(Cl)c1F. The number of hydrogen-bond donors (Lipinski definition) is 0. The van der Waals surface area contributed by atoms with Crippen molar-refractivity contribution < 1.29 is 14.0 Å². The second-order valence-corrected chi connectivity index (χ2v) is 7.34. The van der Waals surface area contributed by atoms with Gasteiger partial charge in [-0.2, -0.15) is 0 Å². The molecule has 2 amide bonds. The van der Waals surface area contributed by atoms with E-state index < -0.39 is 5.82 Å². The molecule has 1 aliphatic heterocycles. The van der Waals surface area contributed by atoms with Crippen LogP contribution in [0.15, 0.2) is 36.8 Å². The summed E-state index contributed by atoms with van der Waals surface area (Å²) < 4.78 is 14.9. The van der Waals surface area contributed by atoms with E-state index in [9.17, 15) is 14.0 Å². The molecule has 5 rings (SSSR count). The Morgan fingerprint density at radius 2 is 1.89 bits per heavy atom. The van der Waals surface area contributed by atoms with Gasteiger partial charge >= 0.3 is 0 Å². The van der Waals surface area contributed by atoms with Gasteiger partial charge in [-0.05, 0) is 42.5 Å². The largest absolute Gasteiger partial charge is 0.274 e. The van der Waals surface area contributed by atoms with Crippen molar-refractivity contribution in [2.75, 3.05) is 4.90 Å². The van der Waals surface area contributed by atoms with E-state index in [4.69, 9.17) is 11.6 Å². The number of carbonyl (C=O) groups excluding carboxylic acids is 2. The van der Waals surface area contributed by atoms with Gasteiger partial charge in [0.2, 0.25) is 11.8 Å². The fraction of sp³-hybridized carbons (Fsp3) is 0.200. The van der Waals surface area contributed by atoms with Crippen LogP contribution < -0.4 is 4.90 Å². The number of fused-ring (bicyclic) bond motifs is 2. The van der Waals surface area contributed by atoms with E-state index in [2.05, 4.69) is 9.97 Å². The van der Waals surface area contributed by atoms with Crippen LogP contribution in [0.1, 0.15) is 12.0 Å². The second kappa shape index (κ2) is 5.57. The first-order valence-electron chi connectivity index (χ1n) is 8.54. The average molecular weight is 382 g/mol. The molecule has 2 aromatic heterocycles. The summed E-state index contributed by atoms with van der Waals surface area (Å²) in [5, 5.41) is 0.977. The van der Waals surface area contributed by atoms with Gasteiger partial charge in [0.25, 0.3) is 0 Å². The maximum Gasteiger partial charge on any atom is 0.238 e. The van der Waals surface area contributed by atoms with E-state index in [-0.39, 0.29) is 34.5 Å². The first-order valence-corrected chi connectivity index (χ1v) is 8.91. The van der Waals surface area contributed by atoms with Crippen LogP contribution in [0.5, 0.6) is 0 Å². The Hall–Kier alpha value is -2.86. The van der Waals surface area contributed by atoms with Crippen molar-refractivity contribution in [3.05, 3.63) is 53.2 Å². The third-order valence-electron chi connectivity index (χ3n) is 5.31. The van der Waals surface area contributed by atoms with Gasteiger partial charge in [0.1, 0.15) is 11.6 Å². The number of amides is 2. The molecule has 2 atom stereocenters. The van der Waals surface area contributed by atoms with Gasteiger partial charge in [-0.25, -0.2) is 14.3 Å². The van der Waals surface area contributed by atoms with E-state index in [0.29, 0.717) is 28.3 Å². The monoisotopic (exact) mass is 381 g/mol. The van der Waals surface area contributed by atoms with Crippen LogP contribution in [0.25, 0.3) is 21.9 Å². The first kappa shape index (κ1) is 16.3. The third-order valence-corrected chi connectivity index (χ3v) is 5.68. The first-order chi connectivity index (χ1) is 13.0. The molecule has 1 saturated heterocycles. The minimum atomic E-state index is -0.551. The molecular formula is C20H13ClFN3O2. The van der Waals surface area contributed by atoms with Crippen molar-refractivity contribution in [1.82, 2.24) is 9.97 Å². The molecule has 0 spiro atoms. The minimum absolute atomic E-state index is 0.0493. The second-order valence-electron chi connectivity index (χ2n) is 6.97. The highest BCUT2D eigenvalue weighted by molar-refractivity contribution is 6.36. The van der Waals surface area contributed by atoms with Crippen molar-refractivity contribution in [3.8, 4) is 11.1 Å². The fourth-order valence-corrected chi connectivity index (χ4v) is 3.95. The number of aryl methyl sites for hydroxylation is 1. The number of pyridine rings is 2. The highest BCUT2D eigenvalue weighted by Crippen LogP contribution is 2.48. The summed E-state index contributed by atoms with van der Waals surface area (Å²) in [6, 6.07) is 5.05. The number of halogens is 2. The summed E-state index contributed by atoms with van der Waals surface area (Å²) in [5.41, 5.74) is 1.81. The van der Waals surface area contributed by atoms with Crippen LogP contribution in [-0.2, 0) is 9.59 Å². The van der Waals surface area contributed by atoms with Crippen molar-refractivity contribution in [1.29, 1.82) is 0 Å². The summed E-state index contributed by atoms with van der Waals surface area (Å²) in [6.07, 6.45) is 5.25. The lowest BCUT2D eigenvalue weighted by atomic mass is 9.99. The van der Waals surface area contributed by atoms with Crippen molar-refractivity contribution in [2.45, 2.75) is 13.3 Å². The smallest absolute Gasteiger partial charge is 0.238 e. The number of imide groups is 1. The molecule has 3 heterocycles. The molecule has 2 aliphatic rings. The lowest BCUT2D eigenvalue weighted by molar-refractivity contribution is -0.123. The zero-order valence-electron chi connectivity index (χ0n) is 14.2. The van der Waals surface area contributed by atoms with Crippen LogP contribution in [0, 0.1) is 24.6 Å². The third kappa shape index (κ3) is 2.29. The number of piperidine rings is 1. The number of carbonyl (C=O) groups is 2. The van der Waals surface area contributed by atoms with E-state index in [0.717, 1.165) is 10.5 Å². The molecule has 0 bridgehead atoms. The predicted octanol–water partition coefficient (Wildman–Crippen LogP) is 3.91. The van der Waals surface area contributed by atoms with Crippen LogP contribution in [0.3, 0.4) is 0 Å². The Morgan fingerprint density at radius 1 is 1.15 bits per heavy atom. The average Bonchev–Trinajstić information content (AvgIpc) is 3.42. The van der Waals surface area contributed by atoms with Gasteiger partial charge < -0.3 is 0 Å². The van der Waals surface area contributed by atoms with Crippen LogP contribution >= 0.6 is 11.6 Å². The zero-order valence-corrected chi connectivity index (χ0v) is 15.0. The molecule has 1 aromatic carbocycles. The molecule has 134 valence electrons. The fourth-order valence-electron chi connectivity index (χ4n) is 3.69. The standard InChI is InChI=1S/C20H13ClFN3O2/c1-9-2-3-23-7-14(9)11-4-10-5-16(24-8-15(10)17(21)18(11)22)25-19(26)12-6-13(12)20(25)27/h2-5,7-8,12-13H,6H2,1H3. The molecule has 1 aliphatic carbocycles. The molecule has 2 fully saturated rings. The number of rotatable bonds is 2. The maximum atomic E-state index is 14.9. The highest BCUT2D eigenvalue weighted by atomic mass is 35.5. The van der Waals surface area contributed by atoms with Gasteiger partial charge in [0.15, 0.2) is 0 Å². The lowest BCUT2D eigenvalue weighted by Gasteiger charge is -2.17. The van der Waals surface area contributed by atoms with Crippen LogP contribution in [0.4, 0.5) is 10.2 Å². The number of hydrogen-bond acceptors (Lipinski definition) is 4. The number of aromatic nitrogens is 2. The Balaban J connectivity index is 1.69. The Labute approximate surface area is 158 Å². The summed E-state index contributed by atoms with van der Waals surface area (Å²) in [6.45, 7) is 1.86. The Kier molecular flexibility index (Phi) is 3.37. The summed E-state index contributed by atoms with van der Waals surface area (Å²) in [7, 11) is 0. The van der Waals surface area contributed by atoms with Gasteiger partial charge in [0, 0.05) is 35.1 Å². The Morgan fingerprint density at radius 3 is 2.59 bits per heavy atom.